The summed E-state index contributed by atoms with van der Waals surface area (Å²) in [6, 6.07) is -0.663. The van der Waals surface area contributed by atoms with Crippen molar-refractivity contribution in [2.24, 2.45) is 0 Å². The summed E-state index contributed by atoms with van der Waals surface area (Å²) in [4.78, 5) is 12.2. The van der Waals surface area contributed by atoms with Gasteiger partial charge in [0.1, 0.15) is 6.04 Å². The van der Waals surface area contributed by atoms with Gasteiger partial charge in [0.25, 0.3) is 0 Å². The molecular weight excluding hydrogens is 192 g/mol. The molecule has 0 bridgehead atoms. The van der Waals surface area contributed by atoms with Crippen LogP contribution in [-0.4, -0.2) is 41.0 Å². The largest absolute Gasteiger partial charge is 0.480 e. The van der Waals surface area contributed by atoms with Crippen molar-refractivity contribution in [3.05, 3.63) is 0 Å². The van der Waals surface area contributed by atoms with Crippen molar-refractivity contribution < 1.29 is 18.7 Å². The average molecular weight is 207 g/mol. The Morgan fingerprint density at radius 2 is 2.07 bits per heavy atom. The molecule has 14 heavy (non-hydrogen) atoms. The van der Waals surface area contributed by atoms with E-state index in [1.807, 2.05) is 0 Å². The standard InChI is InChI=1S/C9H15F2NO2/c1-7(8(13)14)12-5-2-3-9(10,11)4-6-12/h7H,2-6H2,1H3,(H,13,14). The van der Waals surface area contributed by atoms with Crippen LogP contribution in [0, 0.1) is 0 Å². The van der Waals surface area contributed by atoms with E-state index >= 15 is 0 Å². The minimum absolute atomic E-state index is 0.129. The van der Waals surface area contributed by atoms with Gasteiger partial charge in [-0.15, -0.1) is 0 Å². The van der Waals surface area contributed by atoms with Crippen LogP contribution >= 0.6 is 0 Å². The molecular formula is C9H15F2NO2. The zero-order chi connectivity index (χ0) is 10.8. The summed E-state index contributed by atoms with van der Waals surface area (Å²) in [7, 11) is 0. The molecule has 0 spiro atoms. The van der Waals surface area contributed by atoms with Crippen molar-refractivity contribution in [1.29, 1.82) is 0 Å². The SMILES string of the molecule is CC(C(=O)O)N1CCCC(F)(F)CC1. The summed E-state index contributed by atoms with van der Waals surface area (Å²) in [6.45, 7) is 2.15. The Bertz CT molecular complexity index is 221. The Balaban J connectivity index is 2.54. The van der Waals surface area contributed by atoms with Crippen molar-refractivity contribution >= 4 is 5.97 Å². The number of carboxylic acids is 1. The van der Waals surface area contributed by atoms with Crippen LogP contribution in [0.2, 0.25) is 0 Å². The number of carboxylic acid groups (broad SMARTS) is 1. The molecule has 1 heterocycles. The van der Waals surface area contributed by atoms with Crippen LogP contribution in [0.3, 0.4) is 0 Å². The minimum atomic E-state index is -2.62. The quantitative estimate of drug-likeness (QED) is 0.747. The lowest BCUT2D eigenvalue weighted by Crippen LogP contribution is -2.39. The molecule has 82 valence electrons. The first-order valence-corrected chi connectivity index (χ1v) is 4.77. The fourth-order valence-electron chi connectivity index (χ4n) is 1.63. The fourth-order valence-corrected chi connectivity index (χ4v) is 1.63. The number of hydrogen-bond donors (Lipinski definition) is 1. The van der Waals surface area contributed by atoms with Crippen molar-refractivity contribution in [1.82, 2.24) is 4.90 Å². The van der Waals surface area contributed by atoms with Crippen LogP contribution in [0.1, 0.15) is 26.2 Å². The highest BCUT2D eigenvalue weighted by atomic mass is 19.3. The van der Waals surface area contributed by atoms with Crippen LogP contribution in [0.4, 0.5) is 8.78 Å². The fraction of sp³-hybridized carbons (Fsp3) is 0.889. The highest BCUT2D eigenvalue weighted by Crippen LogP contribution is 2.28. The van der Waals surface area contributed by atoms with Gasteiger partial charge in [-0.25, -0.2) is 8.78 Å². The Morgan fingerprint density at radius 1 is 1.43 bits per heavy atom. The lowest BCUT2D eigenvalue weighted by Gasteiger charge is -2.23. The summed E-state index contributed by atoms with van der Waals surface area (Å²) in [5.41, 5.74) is 0. The van der Waals surface area contributed by atoms with Gasteiger partial charge in [-0.2, -0.15) is 0 Å². The predicted octanol–water partition coefficient (Wildman–Crippen LogP) is 1.58. The van der Waals surface area contributed by atoms with E-state index in [0.717, 1.165) is 0 Å². The molecule has 1 N–H and O–H groups in total. The number of hydrogen-bond acceptors (Lipinski definition) is 2. The van der Waals surface area contributed by atoms with Crippen LogP contribution in [-0.2, 0) is 4.79 Å². The third-order valence-corrected chi connectivity index (χ3v) is 2.66. The third-order valence-electron chi connectivity index (χ3n) is 2.66. The molecule has 1 aliphatic rings. The predicted molar refractivity (Wildman–Crippen MR) is 47.5 cm³/mol. The van der Waals surface area contributed by atoms with E-state index in [2.05, 4.69) is 0 Å². The second-order valence-electron chi connectivity index (χ2n) is 3.76. The first kappa shape index (κ1) is 11.4. The Morgan fingerprint density at radius 3 is 2.64 bits per heavy atom. The normalized spacial score (nSPS) is 25.4. The molecule has 0 aromatic rings. The summed E-state index contributed by atoms with van der Waals surface area (Å²) in [6.07, 6.45) is 0.00504. The van der Waals surface area contributed by atoms with Crippen LogP contribution < -0.4 is 0 Å². The molecule has 0 aromatic carbocycles. The number of halogens is 2. The Labute approximate surface area is 81.7 Å². The molecule has 1 saturated heterocycles. The first-order chi connectivity index (χ1) is 6.42. The summed E-state index contributed by atoms with van der Waals surface area (Å²) in [5.74, 6) is -3.57. The van der Waals surface area contributed by atoms with Crippen LogP contribution in [0.25, 0.3) is 0 Å². The highest BCUT2D eigenvalue weighted by molar-refractivity contribution is 5.72. The van der Waals surface area contributed by atoms with Gasteiger partial charge in [0.15, 0.2) is 0 Å². The maximum Gasteiger partial charge on any atom is 0.320 e. The van der Waals surface area contributed by atoms with Gasteiger partial charge in [0.2, 0.25) is 5.92 Å². The Hall–Kier alpha value is -0.710. The van der Waals surface area contributed by atoms with Gasteiger partial charge in [0, 0.05) is 19.4 Å². The maximum absolute atomic E-state index is 12.9. The number of alkyl halides is 2. The average Bonchev–Trinajstić information content (AvgIpc) is 2.25. The van der Waals surface area contributed by atoms with Crippen molar-refractivity contribution in [2.45, 2.75) is 38.2 Å². The lowest BCUT2D eigenvalue weighted by atomic mass is 10.1. The monoisotopic (exact) mass is 207 g/mol. The Kier molecular flexibility index (Phi) is 3.42. The lowest BCUT2D eigenvalue weighted by molar-refractivity contribution is -0.142. The summed E-state index contributed by atoms with van der Waals surface area (Å²) in [5, 5.41) is 8.73. The van der Waals surface area contributed by atoms with Gasteiger partial charge < -0.3 is 5.11 Å². The van der Waals surface area contributed by atoms with Gasteiger partial charge in [0.05, 0.1) is 0 Å². The number of nitrogens with zero attached hydrogens (tertiary/aromatic N) is 1. The van der Waals surface area contributed by atoms with Crippen LogP contribution in [0.15, 0.2) is 0 Å². The third kappa shape index (κ3) is 2.90. The molecule has 1 unspecified atom stereocenters. The molecule has 0 aromatic heterocycles. The molecule has 0 aliphatic carbocycles. The van der Waals surface area contributed by atoms with Crippen molar-refractivity contribution in [2.75, 3.05) is 13.1 Å². The van der Waals surface area contributed by atoms with E-state index < -0.39 is 17.9 Å². The highest BCUT2D eigenvalue weighted by Gasteiger charge is 2.33. The molecule has 0 radical (unpaired) electrons. The first-order valence-electron chi connectivity index (χ1n) is 4.77. The van der Waals surface area contributed by atoms with Gasteiger partial charge in [-0.3, -0.25) is 9.69 Å². The zero-order valence-electron chi connectivity index (χ0n) is 8.17. The maximum atomic E-state index is 12.9. The van der Waals surface area contributed by atoms with Gasteiger partial charge in [-0.05, 0) is 19.9 Å². The summed E-state index contributed by atoms with van der Waals surface area (Å²) < 4.78 is 25.9. The molecule has 1 rings (SSSR count). The van der Waals surface area contributed by atoms with Gasteiger partial charge >= 0.3 is 5.97 Å². The summed E-state index contributed by atoms with van der Waals surface area (Å²) >= 11 is 0. The van der Waals surface area contributed by atoms with E-state index in [1.165, 1.54) is 6.92 Å². The van der Waals surface area contributed by atoms with Crippen molar-refractivity contribution in [3.8, 4) is 0 Å². The number of aliphatic carboxylic acids is 1. The van der Waals surface area contributed by atoms with E-state index in [4.69, 9.17) is 5.11 Å². The van der Waals surface area contributed by atoms with Gasteiger partial charge in [-0.1, -0.05) is 0 Å². The molecule has 3 nitrogen and oxygen atoms in total. The van der Waals surface area contributed by atoms with Crippen LogP contribution in [0.5, 0.6) is 0 Å². The molecule has 1 aliphatic heterocycles. The second kappa shape index (κ2) is 4.21. The molecule has 1 atom stereocenters. The zero-order valence-corrected chi connectivity index (χ0v) is 8.17. The molecule has 1 fully saturated rings. The molecule has 0 amide bonds. The number of carbonyl (C=O) groups is 1. The molecule has 5 heteroatoms. The van der Waals surface area contributed by atoms with E-state index in [0.29, 0.717) is 13.0 Å². The number of rotatable bonds is 2. The van der Waals surface area contributed by atoms with Crippen molar-refractivity contribution in [3.63, 3.8) is 0 Å². The minimum Gasteiger partial charge on any atom is -0.480 e. The number of likely N-dealkylation sites (tertiary alicyclic amines) is 1. The second-order valence-corrected chi connectivity index (χ2v) is 3.76. The molecule has 0 saturated carbocycles. The van der Waals surface area contributed by atoms with E-state index in [1.54, 1.807) is 4.90 Å². The van der Waals surface area contributed by atoms with E-state index in [9.17, 15) is 13.6 Å². The topological polar surface area (TPSA) is 40.5 Å². The smallest absolute Gasteiger partial charge is 0.320 e. The van der Waals surface area contributed by atoms with E-state index in [-0.39, 0.29) is 19.4 Å².